The van der Waals surface area contributed by atoms with Crippen molar-refractivity contribution in [1.82, 2.24) is 9.62 Å². The van der Waals surface area contributed by atoms with Gasteiger partial charge in [-0.2, -0.15) is 4.31 Å². The Hall–Kier alpha value is -1.29. The minimum atomic E-state index is -3.64. The third-order valence-electron chi connectivity index (χ3n) is 4.40. The van der Waals surface area contributed by atoms with Crippen molar-refractivity contribution in [3.8, 4) is 5.75 Å². The Bertz CT molecular complexity index is 727. The molecule has 7 nitrogen and oxygen atoms in total. The largest absolute Gasteiger partial charge is 0.495 e. The van der Waals surface area contributed by atoms with Crippen molar-refractivity contribution in [3.05, 3.63) is 18.2 Å². The molecule has 1 aromatic carbocycles. The van der Waals surface area contributed by atoms with E-state index in [0.29, 0.717) is 24.5 Å². The monoisotopic (exact) mass is 385 g/mol. The van der Waals surface area contributed by atoms with E-state index in [-0.39, 0.29) is 22.6 Å². The number of anilines is 1. The summed E-state index contributed by atoms with van der Waals surface area (Å²) in [7, 11) is -2.20. The Kier molecular flexibility index (Phi) is 5.88. The van der Waals surface area contributed by atoms with E-state index in [1.807, 2.05) is 0 Å². The predicted molar refractivity (Wildman–Crippen MR) is 98.5 cm³/mol. The van der Waals surface area contributed by atoms with Crippen LogP contribution in [0.25, 0.3) is 0 Å². The van der Waals surface area contributed by atoms with Crippen LogP contribution in [0.5, 0.6) is 5.75 Å². The molecule has 25 heavy (non-hydrogen) atoms. The van der Waals surface area contributed by atoms with Crippen LogP contribution < -0.4 is 15.4 Å². The highest BCUT2D eigenvalue weighted by molar-refractivity contribution is 7.99. The van der Waals surface area contributed by atoms with Crippen molar-refractivity contribution >= 4 is 33.4 Å². The van der Waals surface area contributed by atoms with Crippen LogP contribution in [0.3, 0.4) is 0 Å². The second-order valence-electron chi connectivity index (χ2n) is 6.09. The van der Waals surface area contributed by atoms with Gasteiger partial charge in [0, 0.05) is 30.4 Å². The molecule has 3 rings (SSSR count). The topological polar surface area (TPSA) is 87.7 Å². The first kappa shape index (κ1) is 18.5. The first-order valence-corrected chi connectivity index (χ1v) is 10.9. The van der Waals surface area contributed by atoms with Crippen molar-refractivity contribution in [3.63, 3.8) is 0 Å². The Morgan fingerprint density at radius 2 is 2.08 bits per heavy atom. The summed E-state index contributed by atoms with van der Waals surface area (Å²) >= 11 is 1.66. The van der Waals surface area contributed by atoms with E-state index in [4.69, 9.17) is 4.74 Å². The fourth-order valence-corrected chi connectivity index (χ4v) is 5.63. The number of thioether (sulfide) groups is 1. The van der Waals surface area contributed by atoms with Gasteiger partial charge in [-0.1, -0.05) is 6.42 Å². The lowest BCUT2D eigenvalue weighted by Crippen LogP contribution is -2.37. The second kappa shape index (κ2) is 7.94. The lowest BCUT2D eigenvalue weighted by molar-refractivity contribution is -0.117. The fourth-order valence-electron chi connectivity index (χ4n) is 2.99. The maximum absolute atomic E-state index is 13.0. The van der Waals surface area contributed by atoms with Gasteiger partial charge in [0.25, 0.3) is 0 Å². The molecule has 138 valence electrons. The Morgan fingerprint density at radius 3 is 2.72 bits per heavy atom. The molecule has 2 heterocycles. The van der Waals surface area contributed by atoms with Crippen molar-refractivity contribution in [2.45, 2.75) is 30.2 Å². The molecular formula is C16H23N3O4S2. The molecule has 1 atom stereocenters. The summed E-state index contributed by atoms with van der Waals surface area (Å²) in [6.07, 6.45) is 2.78. The molecule has 1 unspecified atom stereocenters. The number of rotatable bonds is 5. The maximum Gasteiger partial charge on any atom is 0.246 e. The van der Waals surface area contributed by atoms with Crippen molar-refractivity contribution in [1.29, 1.82) is 0 Å². The normalized spacial score (nSPS) is 21.9. The highest BCUT2D eigenvalue weighted by Crippen LogP contribution is 2.31. The molecule has 0 radical (unpaired) electrons. The molecule has 0 aromatic heterocycles. The van der Waals surface area contributed by atoms with Gasteiger partial charge in [0.2, 0.25) is 15.9 Å². The summed E-state index contributed by atoms with van der Waals surface area (Å²) in [5.41, 5.74) is 0.458. The fraction of sp³-hybridized carbons (Fsp3) is 0.562. The quantitative estimate of drug-likeness (QED) is 0.798. The van der Waals surface area contributed by atoms with Crippen LogP contribution in [0.1, 0.15) is 19.3 Å². The third kappa shape index (κ3) is 4.11. The lowest BCUT2D eigenvalue weighted by atomic mass is 10.2. The van der Waals surface area contributed by atoms with Gasteiger partial charge < -0.3 is 10.1 Å². The molecule has 0 aliphatic carbocycles. The van der Waals surface area contributed by atoms with Crippen molar-refractivity contribution in [2.24, 2.45) is 0 Å². The number of hydrogen-bond donors (Lipinski definition) is 2. The van der Waals surface area contributed by atoms with Gasteiger partial charge in [0.05, 0.1) is 13.2 Å². The van der Waals surface area contributed by atoms with Crippen LogP contribution in [-0.2, 0) is 14.8 Å². The van der Waals surface area contributed by atoms with Crippen LogP contribution in [0, 0.1) is 0 Å². The number of nitrogens with zero attached hydrogens (tertiary/aromatic N) is 1. The number of hydrogen-bond acceptors (Lipinski definition) is 6. The minimum Gasteiger partial charge on any atom is -0.495 e. The number of nitrogens with one attached hydrogen (secondary N) is 2. The third-order valence-corrected chi connectivity index (χ3v) is 7.26. The Morgan fingerprint density at radius 1 is 1.32 bits per heavy atom. The first-order valence-electron chi connectivity index (χ1n) is 8.32. The van der Waals surface area contributed by atoms with Crippen LogP contribution in [-0.4, -0.2) is 56.5 Å². The maximum atomic E-state index is 13.0. The van der Waals surface area contributed by atoms with E-state index in [0.717, 1.165) is 25.1 Å². The molecular weight excluding hydrogens is 362 g/mol. The Labute approximate surface area is 152 Å². The number of methoxy groups -OCH3 is 1. The van der Waals surface area contributed by atoms with E-state index in [1.165, 1.54) is 17.5 Å². The number of ether oxygens (including phenoxy) is 1. The summed E-state index contributed by atoms with van der Waals surface area (Å²) in [6, 6.07) is 4.48. The van der Waals surface area contributed by atoms with Crippen molar-refractivity contribution in [2.75, 3.05) is 37.1 Å². The zero-order valence-electron chi connectivity index (χ0n) is 14.2. The van der Waals surface area contributed by atoms with Crippen molar-refractivity contribution < 1.29 is 17.9 Å². The van der Waals surface area contributed by atoms with Gasteiger partial charge >= 0.3 is 0 Å². The molecule has 2 fully saturated rings. The molecule has 1 aromatic rings. The zero-order chi connectivity index (χ0) is 17.9. The average molecular weight is 386 g/mol. The lowest BCUT2D eigenvalue weighted by Gasteiger charge is -2.26. The number of benzene rings is 1. The summed E-state index contributed by atoms with van der Waals surface area (Å²) in [5, 5.41) is 5.89. The number of piperidine rings is 1. The summed E-state index contributed by atoms with van der Waals surface area (Å²) in [6.45, 7) is 1.04. The van der Waals surface area contributed by atoms with Gasteiger partial charge in [0.1, 0.15) is 10.6 Å². The summed E-state index contributed by atoms with van der Waals surface area (Å²) in [4.78, 5) is 12.4. The van der Waals surface area contributed by atoms with Gasteiger partial charge in [-0.05, 0) is 31.0 Å². The molecule has 1 amide bonds. The van der Waals surface area contributed by atoms with Gasteiger partial charge in [-0.15, -0.1) is 11.8 Å². The minimum absolute atomic E-state index is 0.100. The van der Waals surface area contributed by atoms with E-state index < -0.39 is 10.0 Å². The summed E-state index contributed by atoms with van der Waals surface area (Å²) < 4.78 is 32.7. The molecule has 0 spiro atoms. The first-order chi connectivity index (χ1) is 12.0. The Balaban J connectivity index is 1.85. The highest BCUT2D eigenvalue weighted by Gasteiger charge is 2.30. The number of sulfonamides is 1. The highest BCUT2D eigenvalue weighted by atomic mass is 32.2. The van der Waals surface area contributed by atoms with E-state index in [2.05, 4.69) is 10.6 Å². The zero-order valence-corrected chi connectivity index (χ0v) is 15.8. The SMILES string of the molecule is COc1ccc(NC(=O)C2CSCN2)cc1S(=O)(=O)N1CCCCC1. The molecule has 0 bridgehead atoms. The molecule has 2 N–H and O–H groups in total. The standard InChI is InChI=1S/C16H23N3O4S2/c1-23-14-6-5-12(18-16(20)13-10-24-11-17-13)9-15(14)25(21,22)19-7-3-2-4-8-19/h5-6,9,13,17H,2-4,7-8,10-11H2,1H3,(H,18,20). The molecule has 9 heteroatoms. The molecule has 0 saturated carbocycles. The van der Waals surface area contributed by atoms with Gasteiger partial charge in [0.15, 0.2) is 0 Å². The smallest absolute Gasteiger partial charge is 0.246 e. The average Bonchev–Trinajstić information content (AvgIpc) is 3.17. The van der Waals surface area contributed by atoms with Crippen LogP contribution in [0.4, 0.5) is 5.69 Å². The van der Waals surface area contributed by atoms with Gasteiger partial charge in [-0.25, -0.2) is 8.42 Å². The van der Waals surface area contributed by atoms with E-state index >= 15 is 0 Å². The van der Waals surface area contributed by atoms with Gasteiger partial charge in [-0.3, -0.25) is 10.1 Å². The van der Waals surface area contributed by atoms with Crippen LogP contribution >= 0.6 is 11.8 Å². The number of carbonyl (C=O) groups excluding carboxylic acids is 1. The number of carbonyl (C=O) groups is 1. The second-order valence-corrected chi connectivity index (χ2v) is 9.03. The molecule has 2 saturated heterocycles. The van der Waals surface area contributed by atoms with Crippen LogP contribution in [0.2, 0.25) is 0 Å². The summed E-state index contributed by atoms with van der Waals surface area (Å²) in [5.74, 6) is 1.59. The molecule has 2 aliphatic heterocycles. The van der Waals surface area contributed by atoms with E-state index in [9.17, 15) is 13.2 Å². The van der Waals surface area contributed by atoms with Crippen LogP contribution in [0.15, 0.2) is 23.1 Å². The molecule has 2 aliphatic rings. The number of amides is 1. The predicted octanol–water partition coefficient (Wildman–Crippen LogP) is 1.47. The van der Waals surface area contributed by atoms with E-state index in [1.54, 1.807) is 23.9 Å².